The van der Waals surface area contributed by atoms with Crippen molar-refractivity contribution in [2.75, 3.05) is 13.2 Å². The van der Waals surface area contributed by atoms with Crippen LogP contribution in [0.25, 0.3) is 0 Å². The van der Waals surface area contributed by atoms with Gasteiger partial charge in [0.2, 0.25) is 0 Å². The zero-order valence-electron chi connectivity index (χ0n) is 22.7. The van der Waals surface area contributed by atoms with E-state index in [4.69, 9.17) is 9.47 Å². The summed E-state index contributed by atoms with van der Waals surface area (Å²) >= 11 is 0. The molecule has 0 aromatic heterocycles. The van der Waals surface area contributed by atoms with E-state index in [9.17, 15) is 9.90 Å². The van der Waals surface area contributed by atoms with Gasteiger partial charge in [0.25, 0.3) is 0 Å². The van der Waals surface area contributed by atoms with Crippen LogP contribution in [0, 0.1) is 0 Å². The Balaban J connectivity index is 1.83. The van der Waals surface area contributed by atoms with Crippen molar-refractivity contribution in [3.8, 4) is 0 Å². The molecule has 202 valence electrons. The summed E-state index contributed by atoms with van der Waals surface area (Å²) in [4.78, 5) is 12.0. The standard InChI is InChI=1S/C31H54O4/c1-2-3-4-5-6-7-8-9-10-11-12-13-14-15-16-17-18-22-25-31(33)35-30(26-32)28-34-27-29-23-20-19-21-24-29/h19-21,23-24,30,32H,2-18,22,25-28H2,1H3. The van der Waals surface area contributed by atoms with Crippen LogP contribution >= 0.6 is 0 Å². The SMILES string of the molecule is CCCCCCCCCCCCCCCCCCCCC(=O)OC(CO)COCc1ccccc1. The third kappa shape index (κ3) is 20.5. The van der Waals surface area contributed by atoms with Crippen LogP contribution in [0.2, 0.25) is 0 Å². The van der Waals surface area contributed by atoms with Crippen molar-refractivity contribution in [2.45, 2.75) is 142 Å². The molecule has 0 saturated heterocycles. The Morgan fingerprint density at radius 3 is 1.63 bits per heavy atom. The van der Waals surface area contributed by atoms with Crippen LogP contribution in [-0.2, 0) is 20.9 Å². The minimum atomic E-state index is -0.582. The number of ether oxygens (including phenoxy) is 2. The van der Waals surface area contributed by atoms with E-state index in [0.717, 1.165) is 18.4 Å². The maximum atomic E-state index is 12.0. The van der Waals surface area contributed by atoms with E-state index in [1.54, 1.807) is 0 Å². The number of esters is 1. The van der Waals surface area contributed by atoms with E-state index in [-0.39, 0.29) is 19.2 Å². The van der Waals surface area contributed by atoms with Gasteiger partial charge in [-0.1, -0.05) is 146 Å². The molecule has 0 fully saturated rings. The van der Waals surface area contributed by atoms with E-state index < -0.39 is 6.10 Å². The number of rotatable bonds is 25. The zero-order chi connectivity index (χ0) is 25.2. The highest BCUT2D eigenvalue weighted by Gasteiger charge is 2.13. The Hall–Kier alpha value is -1.39. The second-order valence-corrected chi connectivity index (χ2v) is 10.1. The van der Waals surface area contributed by atoms with Crippen molar-refractivity contribution in [1.29, 1.82) is 0 Å². The summed E-state index contributed by atoms with van der Waals surface area (Å²) in [7, 11) is 0. The molecule has 1 aromatic carbocycles. The number of benzene rings is 1. The second-order valence-electron chi connectivity index (χ2n) is 10.1. The van der Waals surface area contributed by atoms with E-state index in [0.29, 0.717) is 13.0 Å². The van der Waals surface area contributed by atoms with Gasteiger partial charge in [0.15, 0.2) is 0 Å². The van der Waals surface area contributed by atoms with Crippen LogP contribution in [0.3, 0.4) is 0 Å². The number of carbonyl (C=O) groups excluding carboxylic acids is 1. The fourth-order valence-electron chi connectivity index (χ4n) is 4.42. The Morgan fingerprint density at radius 1 is 0.714 bits per heavy atom. The van der Waals surface area contributed by atoms with Gasteiger partial charge < -0.3 is 14.6 Å². The molecule has 0 amide bonds. The van der Waals surface area contributed by atoms with Crippen molar-refractivity contribution >= 4 is 5.97 Å². The molecule has 0 bridgehead atoms. The summed E-state index contributed by atoms with van der Waals surface area (Å²) in [6.45, 7) is 2.74. The molecule has 1 aromatic rings. The lowest BCUT2D eigenvalue weighted by Crippen LogP contribution is -2.27. The molecule has 0 saturated carbocycles. The van der Waals surface area contributed by atoms with Crippen LogP contribution in [0.4, 0.5) is 0 Å². The maximum Gasteiger partial charge on any atom is 0.306 e. The monoisotopic (exact) mass is 490 g/mol. The highest BCUT2D eigenvalue weighted by atomic mass is 16.6. The summed E-state index contributed by atoms with van der Waals surface area (Å²) in [5, 5.41) is 9.44. The Morgan fingerprint density at radius 2 is 1.17 bits per heavy atom. The molecule has 1 unspecified atom stereocenters. The van der Waals surface area contributed by atoms with E-state index in [1.807, 2.05) is 30.3 Å². The first kappa shape index (κ1) is 31.6. The highest BCUT2D eigenvalue weighted by Crippen LogP contribution is 2.15. The van der Waals surface area contributed by atoms with Crippen LogP contribution in [-0.4, -0.2) is 30.4 Å². The van der Waals surface area contributed by atoms with E-state index >= 15 is 0 Å². The molecule has 0 aliphatic heterocycles. The minimum absolute atomic E-state index is 0.209. The fourth-order valence-corrected chi connectivity index (χ4v) is 4.42. The van der Waals surface area contributed by atoms with Crippen molar-refractivity contribution in [1.82, 2.24) is 0 Å². The first-order valence-electron chi connectivity index (χ1n) is 14.7. The molecule has 0 spiro atoms. The Bertz CT molecular complexity index is 575. The van der Waals surface area contributed by atoms with Gasteiger partial charge in [-0.05, 0) is 12.0 Å². The van der Waals surface area contributed by atoms with Gasteiger partial charge in [-0.3, -0.25) is 4.79 Å². The third-order valence-electron chi connectivity index (χ3n) is 6.65. The summed E-state index contributed by atoms with van der Waals surface area (Å²) in [6.07, 6.45) is 23.8. The molecule has 1 atom stereocenters. The van der Waals surface area contributed by atoms with Gasteiger partial charge in [-0.25, -0.2) is 0 Å². The predicted molar refractivity (Wildman–Crippen MR) is 146 cm³/mol. The van der Waals surface area contributed by atoms with Gasteiger partial charge >= 0.3 is 5.97 Å². The van der Waals surface area contributed by atoms with Crippen molar-refractivity contribution in [2.24, 2.45) is 0 Å². The first-order valence-corrected chi connectivity index (χ1v) is 14.7. The van der Waals surface area contributed by atoms with E-state index in [2.05, 4.69) is 6.92 Å². The summed E-state index contributed by atoms with van der Waals surface area (Å²) in [6, 6.07) is 9.85. The Labute approximate surface area is 216 Å². The van der Waals surface area contributed by atoms with Crippen molar-refractivity contribution in [3.63, 3.8) is 0 Å². The lowest BCUT2D eigenvalue weighted by atomic mass is 10.0. The predicted octanol–water partition coefficient (Wildman–Crippen LogP) is 8.54. The van der Waals surface area contributed by atoms with Crippen LogP contribution in [0.1, 0.15) is 134 Å². The quantitative estimate of drug-likeness (QED) is 0.110. The lowest BCUT2D eigenvalue weighted by molar-refractivity contribution is -0.155. The number of hydrogen-bond acceptors (Lipinski definition) is 4. The molecule has 0 aliphatic carbocycles. The normalized spacial score (nSPS) is 12.1. The fraction of sp³-hybridized carbons (Fsp3) is 0.774. The molecular formula is C31H54O4. The Kier molecular flexibility index (Phi) is 22.0. The summed E-state index contributed by atoms with van der Waals surface area (Å²) in [5.74, 6) is -0.233. The molecule has 4 heteroatoms. The molecular weight excluding hydrogens is 436 g/mol. The van der Waals surface area contributed by atoms with Gasteiger partial charge in [0.1, 0.15) is 6.10 Å². The molecule has 1 rings (SSSR count). The first-order chi connectivity index (χ1) is 17.3. The topological polar surface area (TPSA) is 55.8 Å². The lowest BCUT2D eigenvalue weighted by Gasteiger charge is -2.16. The summed E-state index contributed by atoms with van der Waals surface area (Å²) in [5.41, 5.74) is 1.06. The largest absolute Gasteiger partial charge is 0.457 e. The number of aliphatic hydroxyl groups is 1. The van der Waals surface area contributed by atoms with Crippen LogP contribution in [0.15, 0.2) is 30.3 Å². The van der Waals surface area contributed by atoms with Crippen molar-refractivity contribution < 1.29 is 19.4 Å². The molecule has 1 N–H and O–H groups in total. The van der Waals surface area contributed by atoms with Gasteiger partial charge in [0, 0.05) is 6.42 Å². The van der Waals surface area contributed by atoms with Gasteiger partial charge in [-0.15, -0.1) is 0 Å². The molecule has 0 radical (unpaired) electrons. The number of carbonyl (C=O) groups is 1. The molecule has 0 heterocycles. The number of aliphatic hydroxyl groups excluding tert-OH is 1. The highest BCUT2D eigenvalue weighted by molar-refractivity contribution is 5.69. The van der Waals surface area contributed by atoms with Gasteiger partial charge in [-0.2, -0.15) is 0 Å². The zero-order valence-corrected chi connectivity index (χ0v) is 22.7. The van der Waals surface area contributed by atoms with Crippen LogP contribution in [0.5, 0.6) is 0 Å². The maximum absolute atomic E-state index is 12.0. The van der Waals surface area contributed by atoms with Gasteiger partial charge in [0.05, 0.1) is 19.8 Å². The smallest absolute Gasteiger partial charge is 0.306 e. The number of unbranched alkanes of at least 4 members (excludes halogenated alkanes) is 17. The molecule has 35 heavy (non-hydrogen) atoms. The third-order valence-corrected chi connectivity index (χ3v) is 6.65. The van der Waals surface area contributed by atoms with Crippen molar-refractivity contribution in [3.05, 3.63) is 35.9 Å². The van der Waals surface area contributed by atoms with Crippen LogP contribution < -0.4 is 0 Å². The number of hydrogen-bond donors (Lipinski definition) is 1. The van der Waals surface area contributed by atoms with E-state index in [1.165, 1.54) is 103 Å². The molecule has 0 aliphatic rings. The summed E-state index contributed by atoms with van der Waals surface area (Å²) < 4.78 is 10.9. The second kappa shape index (κ2) is 24.3. The molecule has 4 nitrogen and oxygen atoms in total. The average Bonchev–Trinajstić information content (AvgIpc) is 2.88. The minimum Gasteiger partial charge on any atom is -0.457 e. The average molecular weight is 491 g/mol.